The molecule has 0 aliphatic carbocycles. The van der Waals surface area contributed by atoms with Crippen molar-refractivity contribution in [1.29, 1.82) is 0 Å². The van der Waals surface area contributed by atoms with E-state index < -0.39 is 18.1 Å². The van der Waals surface area contributed by atoms with Gasteiger partial charge in [-0.2, -0.15) is 0 Å². The molecule has 0 spiro atoms. The number of rotatable bonds is 6. The van der Waals surface area contributed by atoms with Crippen LogP contribution in [0, 0.1) is 0 Å². The van der Waals surface area contributed by atoms with E-state index >= 15 is 0 Å². The van der Waals surface area contributed by atoms with Crippen molar-refractivity contribution < 1.29 is 19.4 Å². The third-order valence-electron chi connectivity index (χ3n) is 3.09. The highest BCUT2D eigenvalue weighted by Gasteiger charge is 2.30. The third-order valence-corrected chi connectivity index (χ3v) is 3.09. The number of carbonyl (C=O) groups is 2. The first-order valence-electron chi connectivity index (χ1n) is 6.57. The van der Waals surface area contributed by atoms with Gasteiger partial charge in [0.05, 0.1) is 12.1 Å². The van der Waals surface area contributed by atoms with Gasteiger partial charge in [0.1, 0.15) is 6.10 Å². The highest BCUT2D eigenvalue weighted by molar-refractivity contribution is 5.84. The molecule has 2 N–H and O–H groups in total. The Morgan fingerprint density at radius 3 is 2.90 bits per heavy atom. The highest BCUT2D eigenvalue weighted by atomic mass is 16.5. The van der Waals surface area contributed by atoms with Crippen molar-refractivity contribution in [2.24, 2.45) is 0 Å². The molecular weight excluding hydrogens is 272 g/mol. The van der Waals surface area contributed by atoms with Crippen LogP contribution in [0.25, 0.3) is 10.9 Å². The predicted octanol–water partition coefficient (Wildman–Crippen LogP) is 0.946. The molecule has 1 aromatic carbocycles. The lowest BCUT2D eigenvalue weighted by molar-refractivity contribution is -0.149. The first-order chi connectivity index (χ1) is 10.2. The molecule has 21 heavy (non-hydrogen) atoms. The minimum Gasteiger partial charge on any atom is -0.464 e. The Hall–Kier alpha value is -2.47. The van der Waals surface area contributed by atoms with E-state index in [0.717, 1.165) is 5.39 Å². The number of fused-ring (bicyclic) bond motifs is 1. The number of ether oxygens (including phenoxy) is 1. The van der Waals surface area contributed by atoms with Crippen LogP contribution >= 0.6 is 0 Å². The van der Waals surface area contributed by atoms with Crippen molar-refractivity contribution >= 4 is 23.3 Å². The SMILES string of the molecule is CCOC(=O)C(NC=O)C(O)c1cccc2cccnc12. The summed E-state index contributed by atoms with van der Waals surface area (Å²) in [6.07, 6.45) is 0.724. The number of para-hydroxylation sites is 1. The highest BCUT2D eigenvalue weighted by Crippen LogP contribution is 2.25. The molecule has 0 aliphatic rings. The van der Waals surface area contributed by atoms with Crippen LogP contribution in [0.5, 0.6) is 0 Å². The lowest BCUT2D eigenvalue weighted by atomic mass is 9.99. The molecule has 110 valence electrons. The molecule has 0 radical (unpaired) electrons. The van der Waals surface area contributed by atoms with Crippen LogP contribution in [-0.4, -0.2) is 35.1 Å². The van der Waals surface area contributed by atoms with Crippen molar-refractivity contribution in [2.45, 2.75) is 19.1 Å². The molecule has 2 atom stereocenters. The maximum absolute atomic E-state index is 11.9. The van der Waals surface area contributed by atoms with Crippen LogP contribution in [0.2, 0.25) is 0 Å². The molecule has 1 amide bonds. The zero-order valence-electron chi connectivity index (χ0n) is 11.5. The standard InChI is InChI=1S/C15H16N2O4/c1-2-21-15(20)13(17-9-18)14(19)11-7-3-5-10-6-4-8-16-12(10)11/h3-9,13-14,19H,2H2,1H3,(H,17,18). The van der Waals surface area contributed by atoms with Gasteiger partial charge in [-0.15, -0.1) is 0 Å². The Balaban J connectivity index is 2.40. The molecular formula is C15H16N2O4. The number of esters is 1. The van der Waals surface area contributed by atoms with Crippen LogP contribution in [0.3, 0.4) is 0 Å². The number of hydrogen-bond acceptors (Lipinski definition) is 5. The second-order valence-corrected chi connectivity index (χ2v) is 4.38. The summed E-state index contributed by atoms with van der Waals surface area (Å²) in [5, 5.41) is 13.6. The number of hydrogen-bond donors (Lipinski definition) is 2. The van der Waals surface area contributed by atoms with E-state index in [1.54, 1.807) is 31.3 Å². The van der Waals surface area contributed by atoms with Crippen LogP contribution in [0.1, 0.15) is 18.6 Å². The van der Waals surface area contributed by atoms with Gasteiger partial charge in [-0.1, -0.05) is 24.3 Å². The number of amides is 1. The molecule has 2 aromatic rings. The second kappa shape index (κ2) is 6.81. The quantitative estimate of drug-likeness (QED) is 0.610. The molecule has 1 heterocycles. The number of aliphatic hydroxyl groups excluding tert-OH is 1. The zero-order chi connectivity index (χ0) is 15.2. The van der Waals surface area contributed by atoms with Crippen LogP contribution in [0.4, 0.5) is 0 Å². The largest absolute Gasteiger partial charge is 0.464 e. The zero-order valence-corrected chi connectivity index (χ0v) is 11.5. The van der Waals surface area contributed by atoms with Crippen molar-refractivity contribution in [3.05, 3.63) is 42.1 Å². The molecule has 0 fully saturated rings. The van der Waals surface area contributed by atoms with Gasteiger partial charge in [-0.3, -0.25) is 9.78 Å². The van der Waals surface area contributed by atoms with E-state index in [0.29, 0.717) is 17.5 Å². The Morgan fingerprint density at radius 1 is 1.43 bits per heavy atom. The fourth-order valence-electron chi connectivity index (χ4n) is 2.14. The molecule has 6 heteroatoms. The van der Waals surface area contributed by atoms with Gasteiger partial charge >= 0.3 is 5.97 Å². The topological polar surface area (TPSA) is 88.5 Å². The number of pyridine rings is 1. The normalized spacial score (nSPS) is 13.4. The number of benzene rings is 1. The summed E-state index contributed by atoms with van der Waals surface area (Å²) in [4.78, 5) is 26.8. The summed E-state index contributed by atoms with van der Waals surface area (Å²) >= 11 is 0. The van der Waals surface area contributed by atoms with Gasteiger partial charge in [0.2, 0.25) is 6.41 Å². The molecule has 0 aliphatic heterocycles. The van der Waals surface area contributed by atoms with Gasteiger partial charge in [0.25, 0.3) is 0 Å². The average molecular weight is 288 g/mol. The summed E-state index contributed by atoms with van der Waals surface area (Å²) in [6.45, 7) is 1.82. The summed E-state index contributed by atoms with van der Waals surface area (Å²) in [7, 11) is 0. The summed E-state index contributed by atoms with van der Waals surface area (Å²) in [5.74, 6) is -0.690. The van der Waals surface area contributed by atoms with Gasteiger partial charge in [-0.25, -0.2) is 4.79 Å². The maximum Gasteiger partial charge on any atom is 0.331 e. The first kappa shape index (κ1) is 14.9. The van der Waals surface area contributed by atoms with E-state index in [1.807, 2.05) is 12.1 Å². The van der Waals surface area contributed by atoms with E-state index in [9.17, 15) is 14.7 Å². The minimum atomic E-state index is -1.24. The Kier molecular flexibility index (Phi) is 4.84. The van der Waals surface area contributed by atoms with E-state index in [2.05, 4.69) is 10.3 Å². The van der Waals surface area contributed by atoms with E-state index in [-0.39, 0.29) is 6.61 Å². The van der Waals surface area contributed by atoms with Crippen LogP contribution < -0.4 is 5.32 Å². The smallest absolute Gasteiger partial charge is 0.331 e. The number of carbonyl (C=O) groups excluding carboxylic acids is 2. The number of aromatic nitrogens is 1. The molecule has 0 saturated carbocycles. The summed E-state index contributed by atoms with van der Waals surface area (Å²) < 4.78 is 4.87. The minimum absolute atomic E-state index is 0.163. The summed E-state index contributed by atoms with van der Waals surface area (Å²) in [6, 6.07) is 7.74. The van der Waals surface area contributed by atoms with Gasteiger partial charge < -0.3 is 15.2 Å². The van der Waals surface area contributed by atoms with Crippen molar-refractivity contribution in [1.82, 2.24) is 10.3 Å². The molecule has 2 unspecified atom stereocenters. The molecule has 0 bridgehead atoms. The van der Waals surface area contributed by atoms with Crippen molar-refractivity contribution in [3.63, 3.8) is 0 Å². The van der Waals surface area contributed by atoms with Crippen molar-refractivity contribution in [2.75, 3.05) is 6.61 Å². The van der Waals surface area contributed by atoms with Crippen molar-refractivity contribution in [3.8, 4) is 0 Å². The number of nitrogens with one attached hydrogen (secondary N) is 1. The van der Waals surface area contributed by atoms with Gasteiger partial charge in [0, 0.05) is 17.1 Å². The fourth-order valence-corrected chi connectivity index (χ4v) is 2.14. The van der Waals surface area contributed by atoms with E-state index in [4.69, 9.17) is 4.74 Å². The monoisotopic (exact) mass is 288 g/mol. The second-order valence-electron chi connectivity index (χ2n) is 4.38. The van der Waals surface area contributed by atoms with Crippen LogP contribution in [0.15, 0.2) is 36.5 Å². The Bertz CT molecular complexity index is 639. The molecule has 6 nitrogen and oxygen atoms in total. The van der Waals surface area contributed by atoms with Gasteiger partial charge in [0.15, 0.2) is 6.04 Å². The number of nitrogens with zero attached hydrogens (tertiary/aromatic N) is 1. The lowest BCUT2D eigenvalue weighted by Gasteiger charge is -2.21. The molecule has 0 saturated heterocycles. The maximum atomic E-state index is 11.9. The Morgan fingerprint density at radius 2 is 2.19 bits per heavy atom. The Labute approximate surface area is 121 Å². The van der Waals surface area contributed by atoms with Gasteiger partial charge in [-0.05, 0) is 13.0 Å². The lowest BCUT2D eigenvalue weighted by Crippen LogP contribution is -2.42. The number of aliphatic hydroxyl groups is 1. The molecule has 1 aromatic heterocycles. The first-order valence-corrected chi connectivity index (χ1v) is 6.57. The fraction of sp³-hybridized carbons (Fsp3) is 0.267. The van der Waals surface area contributed by atoms with Crippen LogP contribution in [-0.2, 0) is 14.3 Å². The molecule has 2 rings (SSSR count). The predicted molar refractivity (Wildman–Crippen MR) is 76.3 cm³/mol. The van der Waals surface area contributed by atoms with E-state index in [1.165, 1.54) is 0 Å². The average Bonchev–Trinajstić information content (AvgIpc) is 2.51. The summed E-state index contributed by atoms with van der Waals surface area (Å²) in [5.41, 5.74) is 1.04. The third kappa shape index (κ3) is 3.17.